The third-order valence-electron chi connectivity index (χ3n) is 4.38. The van der Waals surface area contributed by atoms with E-state index in [4.69, 9.17) is 14.2 Å². The van der Waals surface area contributed by atoms with Crippen molar-refractivity contribution in [2.45, 2.75) is 68.3 Å². The predicted octanol–water partition coefficient (Wildman–Crippen LogP) is -5.25. The van der Waals surface area contributed by atoms with Gasteiger partial charge in [-0.15, -0.1) is 0 Å². The van der Waals surface area contributed by atoms with Crippen LogP contribution in [0.5, 0.6) is 0 Å². The first-order valence-electron chi connectivity index (χ1n) is 8.06. The zero-order chi connectivity index (χ0) is 19.6. The first kappa shape index (κ1) is 21.4. The van der Waals surface area contributed by atoms with Crippen LogP contribution < -0.4 is 5.32 Å². The Balaban J connectivity index is 2.21. The highest BCUT2D eigenvalue weighted by atomic mass is 16.7. The van der Waals surface area contributed by atoms with Gasteiger partial charge in [0.05, 0.1) is 13.2 Å². The molecule has 0 saturated carbocycles. The minimum Gasteiger partial charge on any atom is -0.394 e. The smallest absolute Gasteiger partial charge is 0.217 e. The number of nitrogens with one attached hydrogen (secondary N) is 1. The van der Waals surface area contributed by atoms with E-state index in [1.165, 1.54) is 0 Å². The van der Waals surface area contributed by atoms with Crippen LogP contribution in [0.2, 0.25) is 0 Å². The van der Waals surface area contributed by atoms with Gasteiger partial charge in [-0.25, -0.2) is 0 Å². The molecule has 2 aliphatic heterocycles. The van der Waals surface area contributed by atoms with Gasteiger partial charge in [-0.05, 0) is 0 Å². The first-order chi connectivity index (χ1) is 12.2. The average Bonchev–Trinajstić information content (AvgIpc) is 2.60. The fourth-order valence-electron chi connectivity index (χ4n) is 2.97. The van der Waals surface area contributed by atoms with Crippen molar-refractivity contribution in [2.75, 3.05) is 13.2 Å². The number of aliphatic hydroxyl groups is 7. The van der Waals surface area contributed by atoms with Crippen molar-refractivity contribution < 1.29 is 54.8 Å². The molecule has 1 amide bonds. The topological polar surface area (TPSA) is 198 Å². The molecule has 0 radical (unpaired) electrons. The molecule has 2 heterocycles. The lowest BCUT2D eigenvalue weighted by Crippen LogP contribution is -2.67. The van der Waals surface area contributed by atoms with Crippen LogP contribution in [0.15, 0.2) is 0 Å². The van der Waals surface area contributed by atoms with E-state index in [0.29, 0.717) is 0 Å². The molecule has 8 N–H and O–H groups in total. The van der Waals surface area contributed by atoms with Gasteiger partial charge in [-0.3, -0.25) is 4.79 Å². The van der Waals surface area contributed by atoms with Gasteiger partial charge in [-0.2, -0.15) is 0 Å². The summed E-state index contributed by atoms with van der Waals surface area (Å²) in [5, 5.41) is 70.7. The molecule has 2 saturated heterocycles. The van der Waals surface area contributed by atoms with Crippen molar-refractivity contribution >= 4 is 5.91 Å². The Morgan fingerprint density at radius 2 is 1.50 bits per heavy atom. The highest BCUT2D eigenvalue weighted by molar-refractivity contribution is 5.73. The van der Waals surface area contributed by atoms with E-state index in [-0.39, 0.29) is 0 Å². The second kappa shape index (κ2) is 8.84. The molecule has 0 aromatic rings. The minimum atomic E-state index is -1.74. The van der Waals surface area contributed by atoms with E-state index in [0.717, 1.165) is 6.92 Å². The highest BCUT2D eigenvalue weighted by Crippen LogP contribution is 2.28. The maximum atomic E-state index is 11.4. The summed E-state index contributed by atoms with van der Waals surface area (Å²) in [6.45, 7) is -0.195. The molecule has 0 aromatic carbocycles. The van der Waals surface area contributed by atoms with Crippen molar-refractivity contribution in [2.24, 2.45) is 0 Å². The Hall–Kier alpha value is -0.930. The molecule has 6 unspecified atom stereocenters. The van der Waals surface area contributed by atoms with Gasteiger partial charge in [0, 0.05) is 6.92 Å². The van der Waals surface area contributed by atoms with Crippen LogP contribution in [-0.4, -0.2) is 116 Å². The van der Waals surface area contributed by atoms with E-state index in [2.05, 4.69) is 5.32 Å². The highest BCUT2D eigenvalue weighted by Gasteiger charge is 2.50. The second-order valence-electron chi connectivity index (χ2n) is 6.26. The third kappa shape index (κ3) is 4.31. The van der Waals surface area contributed by atoms with E-state index >= 15 is 0 Å². The predicted molar refractivity (Wildman–Crippen MR) is 80.2 cm³/mol. The summed E-state index contributed by atoms with van der Waals surface area (Å²) in [6, 6.07) is -1.28. The maximum Gasteiger partial charge on any atom is 0.217 e. The quantitative estimate of drug-likeness (QED) is 0.226. The summed E-state index contributed by atoms with van der Waals surface area (Å²) in [5.74, 6) is -0.574. The lowest BCUT2D eigenvalue weighted by Gasteiger charge is -2.46. The Labute approximate surface area is 148 Å². The molecule has 10 atom stereocenters. The number of carbonyl (C=O) groups excluding carboxylic acids is 1. The number of hydrogen-bond acceptors (Lipinski definition) is 11. The largest absolute Gasteiger partial charge is 0.394 e. The van der Waals surface area contributed by atoms with Crippen LogP contribution in [0.25, 0.3) is 0 Å². The molecule has 0 aromatic heterocycles. The van der Waals surface area contributed by atoms with Crippen molar-refractivity contribution in [3.8, 4) is 0 Å². The number of hydrogen-bond donors (Lipinski definition) is 8. The summed E-state index contributed by atoms with van der Waals surface area (Å²) in [6.07, 6.45) is -13.7. The Kier molecular flexibility index (Phi) is 7.27. The maximum absolute atomic E-state index is 11.4. The fraction of sp³-hybridized carbons (Fsp3) is 0.929. The van der Waals surface area contributed by atoms with Crippen molar-refractivity contribution in [3.05, 3.63) is 0 Å². The standard InChI is InChI=1S/C14H25NO11/c1-4(18)15-7-12(9(20)6(3-17)24-13(7)23)26-14-11(22)10(21)8(19)5(2-16)25-14/h5-14,16-17,19-23H,2-3H2,1H3,(H,15,18)/t5?,6?,7-,8+,9+,10?,11?,12-,13?,14?/m1/s1. The van der Waals surface area contributed by atoms with Gasteiger partial charge < -0.3 is 55.3 Å². The van der Waals surface area contributed by atoms with Gasteiger partial charge in [0.15, 0.2) is 12.6 Å². The van der Waals surface area contributed by atoms with Crippen LogP contribution in [0, 0.1) is 0 Å². The van der Waals surface area contributed by atoms with Crippen LogP contribution in [-0.2, 0) is 19.0 Å². The van der Waals surface area contributed by atoms with Gasteiger partial charge in [0.1, 0.15) is 48.8 Å². The lowest BCUT2D eigenvalue weighted by atomic mass is 9.95. The van der Waals surface area contributed by atoms with Crippen LogP contribution in [0.1, 0.15) is 6.92 Å². The Bertz CT molecular complexity index is 478. The van der Waals surface area contributed by atoms with Gasteiger partial charge in [0.25, 0.3) is 0 Å². The van der Waals surface area contributed by atoms with Crippen molar-refractivity contribution in [3.63, 3.8) is 0 Å². The fourth-order valence-corrected chi connectivity index (χ4v) is 2.97. The van der Waals surface area contributed by atoms with Gasteiger partial charge >= 0.3 is 0 Å². The first-order valence-corrected chi connectivity index (χ1v) is 8.06. The average molecular weight is 383 g/mol. The third-order valence-corrected chi connectivity index (χ3v) is 4.38. The van der Waals surface area contributed by atoms with E-state index in [9.17, 15) is 40.5 Å². The summed E-state index contributed by atoms with van der Waals surface area (Å²) in [4.78, 5) is 11.4. The molecule has 0 bridgehead atoms. The van der Waals surface area contributed by atoms with E-state index in [1.54, 1.807) is 0 Å². The van der Waals surface area contributed by atoms with Crippen molar-refractivity contribution in [1.82, 2.24) is 5.32 Å². The van der Waals surface area contributed by atoms with Crippen LogP contribution >= 0.6 is 0 Å². The monoisotopic (exact) mass is 383 g/mol. The number of rotatable bonds is 5. The molecule has 0 aliphatic carbocycles. The summed E-state index contributed by atoms with van der Waals surface area (Å²) in [7, 11) is 0. The molecule has 2 fully saturated rings. The minimum absolute atomic E-state index is 0.574. The van der Waals surface area contributed by atoms with Crippen molar-refractivity contribution in [1.29, 1.82) is 0 Å². The Morgan fingerprint density at radius 3 is 2.04 bits per heavy atom. The number of carbonyl (C=O) groups is 1. The SMILES string of the molecule is CC(=O)N[C@H]1C(O)OC(CO)[C@H](O)[C@@H]1OC1OC(CO)[C@H](O)C(O)C1O. The summed E-state index contributed by atoms with van der Waals surface area (Å²) >= 11 is 0. The molecule has 2 rings (SSSR count). The van der Waals surface area contributed by atoms with Gasteiger partial charge in [0.2, 0.25) is 5.91 Å². The Morgan fingerprint density at radius 1 is 0.923 bits per heavy atom. The molecular weight excluding hydrogens is 358 g/mol. The normalized spacial score (nSPS) is 46.8. The molecule has 26 heavy (non-hydrogen) atoms. The lowest BCUT2D eigenvalue weighted by molar-refractivity contribution is -0.341. The number of aliphatic hydroxyl groups excluding tert-OH is 7. The van der Waals surface area contributed by atoms with E-state index in [1.807, 2.05) is 0 Å². The molecule has 12 heteroatoms. The zero-order valence-electron chi connectivity index (χ0n) is 14.0. The number of amides is 1. The molecular formula is C14H25NO11. The summed E-state index contributed by atoms with van der Waals surface area (Å²) in [5.41, 5.74) is 0. The number of ether oxygens (including phenoxy) is 3. The molecule has 2 aliphatic rings. The van der Waals surface area contributed by atoms with Crippen LogP contribution in [0.4, 0.5) is 0 Å². The summed E-state index contributed by atoms with van der Waals surface area (Å²) < 4.78 is 15.7. The molecule has 152 valence electrons. The van der Waals surface area contributed by atoms with Crippen LogP contribution in [0.3, 0.4) is 0 Å². The molecule has 12 nitrogen and oxygen atoms in total. The second-order valence-corrected chi connectivity index (χ2v) is 6.26. The zero-order valence-corrected chi connectivity index (χ0v) is 14.0. The van der Waals surface area contributed by atoms with E-state index < -0.39 is 80.5 Å². The van der Waals surface area contributed by atoms with Gasteiger partial charge in [-0.1, -0.05) is 0 Å². The molecule has 0 spiro atoms.